The van der Waals surface area contributed by atoms with Crippen molar-refractivity contribution >= 4 is 11.3 Å². The molecule has 4 heteroatoms. The summed E-state index contributed by atoms with van der Waals surface area (Å²) in [5.41, 5.74) is 2.99. The van der Waals surface area contributed by atoms with Gasteiger partial charge < -0.3 is 10.1 Å². The number of thiophene rings is 1. The fourth-order valence-electron chi connectivity index (χ4n) is 3.03. The van der Waals surface area contributed by atoms with Crippen LogP contribution in [0.5, 0.6) is 5.75 Å². The summed E-state index contributed by atoms with van der Waals surface area (Å²) in [5.74, 6) is -0.00147. The van der Waals surface area contributed by atoms with Gasteiger partial charge in [0, 0.05) is 16.5 Å². The van der Waals surface area contributed by atoms with Crippen molar-refractivity contribution in [2.45, 2.75) is 26.2 Å². The number of nitrogens with one attached hydrogen (secondary N) is 1. The third-order valence-corrected chi connectivity index (χ3v) is 5.46. The van der Waals surface area contributed by atoms with Gasteiger partial charge >= 0.3 is 0 Å². The molecule has 0 aliphatic carbocycles. The minimum Gasteiger partial charge on any atom is -0.507 e. The van der Waals surface area contributed by atoms with E-state index >= 15 is 0 Å². The van der Waals surface area contributed by atoms with E-state index in [9.17, 15) is 9.90 Å². The fourth-order valence-corrected chi connectivity index (χ4v) is 3.90. The molecule has 3 nitrogen and oxygen atoms in total. The van der Waals surface area contributed by atoms with Crippen LogP contribution in [-0.2, 0) is 5.41 Å². The first-order valence-electron chi connectivity index (χ1n) is 7.47. The molecule has 0 aliphatic rings. The lowest BCUT2D eigenvalue weighted by Gasteiger charge is -2.26. The second-order valence-electron chi connectivity index (χ2n) is 6.20. The monoisotopic (exact) mass is 325 g/mol. The molecule has 3 rings (SSSR count). The van der Waals surface area contributed by atoms with Crippen molar-refractivity contribution in [3.05, 3.63) is 74.3 Å². The summed E-state index contributed by atoms with van der Waals surface area (Å²) in [4.78, 5) is 15.9. The molecule has 118 valence electrons. The normalized spacial score (nSPS) is 11.6. The first kappa shape index (κ1) is 15.6. The average Bonchev–Trinajstić information content (AvgIpc) is 3.02. The highest BCUT2D eigenvalue weighted by molar-refractivity contribution is 7.10. The molecule has 2 aromatic heterocycles. The van der Waals surface area contributed by atoms with E-state index in [-0.39, 0.29) is 16.7 Å². The van der Waals surface area contributed by atoms with Crippen LogP contribution in [0, 0.1) is 6.92 Å². The molecule has 0 fully saturated rings. The summed E-state index contributed by atoms with van der Waals surface area (Å²) in [5, 5.41) is 12.1. The number of hydrogen-bond donors (Lipinski definition) is 2. The highest BCUT2D eigenvalue weighted by Gasteiger charge is 2.26. The van der Waals surface area contributed by atoms with Crippen LogP contribution >= 0.6 is 11.3 Å². The summed E-state index contributed by atoms with van der Waals surface area (Å²) in [6, 6.07) is 11.6. The molecule has 0 radical (unpaired) electrons. The Hall–Kier alpha value is -2.33. The number of aryl methyl sites for hydroxylation is 1. The summed E-state index contributed by atoms with van der Waals surface area (Å²) >= 11 is 1.74. The van der Waals surface area contributed by atoms with Crippen molar-refractivity contribution in [2.75, 3.05) is 0 Å². The van der Waals surface area contributed by atoms with Crippen LogP contribution in [0.2, 0.25) is 0 Å². The van der Waals surface area contributed by atoms with E-state index in [0.717, 1.165) is 11.1 Å². The molecule has 0 aliphatic heterocycles. The Morgan fingerprint density at radius 3 is 2.57 bits per heavy atom. The van der Waals surface area contributed by atoms with E-state index in [1.165, 1.54) is 22.7 Å². The number of rotatable bonds is 3. The summed E-state index contributed by atoms with van der Waals surface area (Å²) in [6.45, 7) is 6.45. The molecule has 23 heavy (non-hydrogen) atoms. The molecule has 0 amide bonds. The third-order valence-electron chi connectivity index (χ3n) is 4.26. The molecule has 0 bridgehead atoms. The molecule has 0 atom stereocenters. The van der Waals surface area contributed by atoms with Crippen LogP contribution < -0.4 is 5.56 Å². The second kappa shape index (κ2) is 5.70. The van der Waals surface area contributed by atoms with Crippen LogP contribution in [0.15, 0.2) is 52.8 Å². The van der Waals surface area contributed by atoms with Crippen LogP contribution in [0.3, 0.4) is 0 Å². The predicted molar refractivity (Wildman–Crippen MR) is 95.3 cm³/mol. The zero-order valence-corrected chi connectivity index (χ0v) is 14.2. The van der Waals surface area contributed by atoms with Gasteiger partial charge in [-0.05, 0) is 41.1 Å². The van der Waals surface area contributed by atoms with Gasteiger partial charge in [-0.3, -0.25) is 4.79 Å². The van der Waals surface area contributed by atoms with Crippen LogP contribution in [0.4, 0.5) is 0 Å². The average molecular weight is 325 g/mol. The smallest absolute Gasteiger partial charge is 0.259 e. The lowest BCUT2D eigenvalue weighted by molar-refractivity contribution is 0.476. The zero-order chi connectivity index (χ0) is 16.6. The predicted octanol–water partition coefficient (Wildman–Crippen LogP) is 4.44. The van der Waals surface area contributed by atoms with Crippen LogP contribution in [-0.4, -0.2) is 10.1 Å². The van der Waals surface area contributed by atoms with E-state index < -0.39 is 0 Å². The number of pyridine rings is 1. The molecule has 0 spiro atoms. The Kier molecular flexibility index (Phi) is 3.86. The molecular weight excluding hydrogens is 306 g/mol. The van der Waals surface area contributed by atoms with Gasteiger partial charge in [0.25, 0.3) is 5.56 Å². The maximum Gasteiger partial charge on any atom is 0.259 e. The largest absolute Gasteiger partial charge is 0.507 e. The molecule has 3 aromatic rings. The fraction of sp³-hybridized carbons (Fsp3) is 0.211. The van der Waals surface area contributed by atoms with Gasteiger partial charge in [-0.15, -0.1) is 11.3 Å². The van der Waals surface area contributed by atoms with Gasteiger partial charge in [0.15, 0.2) is 0 Å². The van der Waals surface area contributed by atoms with Gasteiger partial charge in [-0.2, -0.15) is 0 Å². The van der Waals surface area contributed by atoms with Crippen molar-refractivity contribution in [3.8, 4) is 16.9 Å². The number of aromatic nitrogens is 1. The van der Waals surface area contributed by atoms with Gasteiger partial charge in [0.2, 0.25) is 0 Å². The first-order chi connectivity index (χ1) is 10.9. The van der Waals surface area contributed by atoms with Crippen molar-refractivity contribution in [2.24, 2.45) is 0 Å². The number of aromatic amines is 1. The Morgan fingerprint density at radius 1 is 1.17 bits per heavy atom. The number of benzene rings is 1. The molecular formula is C19H19NO2S. The summed E-state index contributed by atoms with van der Waals surface area (Å²) in [6.07, 6.45) is 1.45. The van der Waals surface area contributed by atoms with Crippen LogP contribution in [0.1, 0.15) is 29.9 Å². The Bertz CT molecular complexity index is 892. The van der Waals surface area contributed by atoms with E-state index in [1.54, 1.807) is 11.3 Å². The quantitative estimate of drug-likeness (QED) is 0.748. The third kappa shape index (κ3) is 2.70. The van der Waals surface area contributed by atoms with Gasteiger partial charge in [-0.1, -0.05) is 38.1 Å². The number of aromatic hydroxyl groups is 1. The first-order valence-corrected chi connectivity index (χ1v) is 8.35. The highest BCUT2D eigenvalue weighted by atomic mass is 32.1. The van der Waals surface area contributed by atoms with Crippen molar-refractivity contribution < 1.29 is 5.11 Å². The molecule has 2 heterocycles. The SMILES string of the molecule is Cc1cc(-c2c(O)cc[nH]c2=O)ccc1C(C)(C)c1cccs1. The molecule has 0 saturated heterocycles. The maximum absolute atomic E-state index is 12.0. The maximum atomic E-state index is 12.0. The van der Waals surface area contributed by atoms with Crippen molar-refractivity contribution in [1.82, 2.24) is 4.98 Å². The minimum atomic E-state index is -0.283. The second-order valence-corrected chi connectivity index (χ2v) is 7.15. The van der Waals surface area contributed by atoms with Gasteiger partial charge in [-0.25, -0.2) is 0 Å². The van der Waals surface area contributed by atoms with E-state index in [0.29, 0.717) is 5.56 Å². The van der Waals surface area contributed by atoms with Crippen molar-refractivity contribution in [3.63, 3.8) is 0 Å². The Balaban J connectivity index is 2.11. The number of H-pyrrole nitrogens is 1. The lowest BCUT2D eigenvalue weighted by atomic mass is 9.80. The Labute approximate surface area is 139 Å². The minimum absolute atomic E-state index is 0.00147. The van der Waals surface area contributed by atoms with Gasteiger partial charge in [0.05, 0.1) is 5.56 Å². The summed E-state index contributed by atoms with van der Waals surface area (Å²) in [7, 11) is 0. The number of hydrogen-bond acceptors (Lipinski definition) is 3. The van der Waals surface area contributed by atoms with E-state index in [4.69, 9.17) is 0 Å². The molecule has 2 N–H and O–H groups in total. The topological polar surface area (TPSA) is 53.1 Å². The summed E-state index contributed by atoms with van der Waals surface area (Å²) < 4.78 is 0. The van der Waals surface area contributed by atoms with E-state index in [1.807, 2.05) is 19.1 Å². The zero-order valence-electron chi connectivity index (χ0n) is 13.4. The van der Waals surface area contributed by atoms with Crippen LogP contribution in [0.25, 0.3) is 11.1 Å². The lowest BCUT2D eigenvalue weighted by Crippen LogP contribution is -2.19. The van der Waals surface area contributed by atoms with E-state index in [2.05, 4.69) is 42.4 Å². The Morgan fingerprint density at radius 2 is 1.96 bits per heavy atom. The van der Waals surface area contributed by atoms with Gasteiger partial charge in [0.1, 0.15) is 5.75 Å². The van der Waals surface area contributed by atoms with Crippen molar-refractivity contribution in [1.29, 1.82) is 0 Å². The molecule has 0 unspecified atom stereocenters. The highest BCUT2D eigenvalue weighted by Crippen LogP contribution is 2.37. The molecule has 1 aromatic carbocycles. The standard InChI is InChI=1S/C19H19NO2S/c1-12-11-13(17-15(21)8-9-20-18(17)22)6-7-14(12)19(2,3)16-5-4-10-23-16/h4-11H,1-3H3,(H2,20,21,22). The molecule has 0 saturated carbocycles.